The molecule has 2 aromatic carbocycles. The van der Waals surface area contributed by atoms with Gasteiger partial charge in [0.2, 0.25) is 0 Å². The third kappa shape index (κ3) is 8.59. The van der Waals surface area contributed by atoms with Crippen LogP contribution in [-0.4, -0.2) is 61.8 Å². The summed E-state index contributed by atoms with van der Waals surface area (Å²) in [7, 11) is 3.56. The number of aromatic nitrogens is 1. The van der Waals surface area contributed by atoms with E-state index in [4.69, 9.17) is 9.47 Å². The molecular formula is C28H38Cl2N4O3. The molecule has 3 aromatic rings. The van der Waals surface area contributed by atoms with E-state index in [0.717, 1.165) is 68.3 Å². The van der Waals surface area contributed by atoms with E-state index in [1.54, 1.807) is 7.11 Å². The zero-order chi connectivity index (χ0) is 24.5. The van der Waals surface area contributed by atoms with Gasteiger partial charge < -0.3 is 24.3 Å². The van der Waals surface area contributed by atoms with E-state index in [9.17, 15) is 4.79 Å². The number of carbonyl (C=O) groups excluding carboxylic acids is 1. The molecule has 1 N–H and O–H groups in total. The van der Waals surface area contributed by atoms with Crippen LogP contribution in [0.25, 0.3) is 0 Å². The fourth-order valence-corrected chi connectivity index (χ4v) is 4.39. The van der Waals surface area contributed by atoms with E-state index in [1.807, 2.05) is 60.3 Å². The van der Waals surface area contributed by atoms with Crippen LogP contribution in [0.1, 0.15) is 28.9 Å². The number of benzene rings is 2. The number of ether oxygens (including phenoxy) is 2. The van der Waals surface area contributed by atoms with Gasteiger partial charge in [-0.1, -0.05) is 24.3 Å². The molecule has 1 aliphatic rings. The SMILES string of the molecule is COc1ccc(COc2ccccc2N2CCN(CCCCNC(=O)c3cccn3C)CC2)cc1.Cl.Cl. The van der Waals surface area contributed by atoms with Gasteiger partial charge in [0.15, 0.2) is 0 Å². The van der Waals surface area contributed by atoms with Gasteiger partial charge in [-0.05, 0) is 61.3 Å². The van der Waals surface area contributed by atoms with Crippen LogP contribution >= 0.6 is 24.8 Å². The molecule has 0 saturated carbocycles. The van der Waals surface area contributed by atoms with Gasteiger partial charge in [-0.25, -0.2) is 0 Å². The molecule has 9 heteroatoms. The Balaban J connectivity index is 0.00000241. The molecule has 0 radical (unpaired) electrons. The Labute approximate surface area is 232 Å². The number of unbranched alkanes of at least 4 members (excludes halogenated alkanes) is 1. The first-order valence-corrected chi connectivity index (χ1v) is 12.4. The molecule has 0 aliphatic carbocycles. The van der Waals surface area contributed by atoms with Crippen LogP contribution in [0.4, 0.5) is 5.69 Å². The minimum absolute atomic E-state index is 0. The molecule has 1 amide bonds. The first kappa shape index (κ1) is 30.4. The van der Waals surface area contributed by atoms with Gasteiger partial charge in [0.25, 0.3) is 5.91 Å². The molecule has 0 atom stereocenters. The number of methoxy groups -OCH3 is 1. The van der Waals surface area contributed by atoms with E-state index in [0.29, 0.717) is 18.8 Å². The number of nitrogens with one attached hydrogen (secondary N) is 1. The molecule has 7 nitrogen and oxygen atoms in total. The van der Waals surface area contributed by atoms with Gasteiger partial charge in [-0.15, -0.1) is 24.8 Å². The van der Waals surface area contributed by atoms with Crippen LogP contribution in [0, 0.1) is 0 Å². The van der Waals surface area contributed by atoms with Crippen LogP contribution in [0.5, 0.6) is 11.5 Å². The summed E-state index contributed by atoms with van der Waals surface area (Å²) in [5, 5.41) is 3.02. The van der Waals surface area contributed by atoms with Crippen LogP contribution in [0.2, 0.25) is 0 Å². The monoisotopic (exact) mass is 548 g/mol. The molecule has 37 heavy (non-hydrogen) atoms. The minimum atomic E-state index is -0.000936. The molecule has 4 rings (SSSR count). The molecule has 2 heterocycles. The van der Waals surface area contributed by atoms with Gasteiger partial charge in [0.05, 0.1) is 12.8 Å². The molecular weight excluding hydrogens is 511 g/mol. The summed E-state index contributed by atoms with van der Waals surface area (Å²) in [6, 6.07) is 20.0. The summed E-state index contributed by atoms with van der Waals surface area (Å²) in [6.45, 7) is 6.32. The van der Waals surface area contributed by atoms with Gasteiger partial charge in [0.1, 0.15) is 23.8 Å². The van der Waals surface area contributed by atoms with Crippen molar-refractivity contribution in [1.29, 1.82) is 0 Å². The van der Waals surface area contributed by atoms with Gasteiger partial charge in [-0.3, -0.25) is 9.69 Å². The number of aryl methyl sites for hydroxylation is 1. The molecule has 1 saturated heterocycles. The van der Waals surface area contributed by atoms with Crippen molar-refractivity contribution in [1.82, 2.24) is 14.8 Å². The van der Waals surface area contributed by atoms with Crippen LogP contribution in [-0.2, 0) is 13.7 Å². The van der Waals surface area contributed by atoms with Crippen molar-refractivity contribution in [2.45, 2.75) is 19.4 Å². The second-order valence-electron chi connectivity index (χ2n) is 8.90. The fraction of sp³-hybridized carbons (Fsp3) is 0.393. The Morgan fingerprint density at radius 1 is 0.919 bits per heavy atom. The third-order valence-electron chi connectivity index (χ3n) is 6.49. The second-order valence-corrected chi connectivity index (χ2v) is 8.90. The Hall–Kier alpha value is -2.87. The number of halogens is 2. The van der Waals surface area contributed by atoms with Crippen LogP contribution < -0.4 is 19.7 Å². The zero-order valence-corrected chi connectivity index (χ0v) is 23.2. The molecule has 1 fully saturated rings. The average molecular weight is 550 g/mol. The predicted molar refractivity (Wildman–Crippen MR) is 154 cm³/mol. The highest BCUT2D eigenvalue weighted by atomic mass is 35.5. The Morgan fingerprint density at radius 2 is 1.65 bits per heavy atom. The summed E-state index contributed by atoms with van der Waals surface area (Å²) in [5.74, 6) is 1.77. The molecule has 0 unspecified atom stereocenters. The van der Waals surface area contributed by atoms with E-state index in [1.165, 1.54) is 0 Å². The molecule has 0 bridgehead atoms. The van der Waals surface area contributed by atoms with Crippen molar-refractivity contribution in [3.8, 4) is 11.5 Å². The average Bonchev–Trinajstić information content (AvgIpc) is 3.34. The Kier molecular flexibility index (Phi) is 12.6. The second kappa shape index (κ2) is 15.4. The Morgan fingerprint density at radius 3 is 2.32 bits per heavy atom. The maximum Gasteiger partial charge on any atom is 0.267 e. The van der Waals surface area contributed by atoms with Crippen LogP contribution in [0.3, 0.4) is 0 Å². The van der Waals surface area contributed by atoms with Crippen molar-refractivity contribution >= 4 is 36.4 Å². The molecule has 1 aromatic heterocycles. The quantitative estimate of drug-likeness (QED) is 0.349. The largest absolute Gasteiger partial charge is 0.497 e. The summed E-state index contributed by atoms with van der Waals surface area (Å²) in [5.41, 5.74) is 2.98. The van der Waals surface area contributed by atoms with Gasteiger partial charge >= 0.3 is 0 Å². The van der Waals surface area contributed by atoms with Crippen molar-refractivity contribution in [3.63, 3.8) is 0 Å². The van der Waals surface area contributed by atoms with Gasteiger partial charge in [0, 0.05) is 46.0 Å². The maximum atomic E-state index is 12.2. The lowest BCUT2D eigenvalue weighted by atomic mass is 10.2. The number of hydrogen-bond acceptors (Lipinski definition) is 5. The first-order valence-electron chi connectivity index (χ1n) is 12.4. The number of hydrogen-bond donors (Lipinski definition) is 1. The number of carbonyl (C=O) groups is 1. The predicted octanol–water partition coefficient (Wildman–Crippen LogP) is 4.79. The highest BCUT2D eigenvalue weighted by molar-refractivity contribution is 5.92. The summed E-state index contributed by atoms with van der Waals surface area (Å²) in [6.07, 6.45) is 3.95. The number of rotatable bonds is 11. The van der Waals surface area contributed by atoms with Crippen molar-refractivity contribution in [2.24, 2.45) is 7.05 Å². The first-order chi connectivity index (χ1) is 17.1. The van der Waals surface area contributed by atoms with Crippen molar-refractivity contribution < 1.29 is 14.3 Å². The number of para-hydroxylation sites is 2. The fourth-order valence-electron chi connectivity index (χ4n) is 4.39. The van der Waals surface area contributed by atoms with Crippen LogP contribution in [0.15, 0.2) is 66.9 Å². The summed E-state index contributed by atoms with van der Waals surface area (Å²) in [4.78, 5) is 17.1. The number of anilines is 1. The number of nitrogens with zero attached hydrogens (tertiary/aromatic N) is 3. The molecule has 202 valence electrons. The van der Waals surface area contributed by atoms with Gasteiger partial charge in [-0.2, -0.15) is 0 Å². The number of piperazine rings is 1. The summed E-state index contributed by atoms with van der Waals surface area (Å²) >= 11 is 0. The zero-order valence-electron chi connectivity index (χ0n) is 21.6. The standard InChI is InChI=1S/C28H36N4O3.2ClH/c1-30-16-7-9-26(30)28(33)29-15-5-6-17-31-18-20-32(21-19-31)25-8-3-4-10-27(25)35-22-23-11-13-24(34-2)14-12-23;;/h3-4,7-14,16H,5-6,15,17-22H2,1-2H3,(H,29,33);2*1H. The topological polar surface area (TPSA) is 59.0 Å². The Bertz CT molecular complexity index is 1080. The number of amides is 1. The highest BCUT2D eigenvalue weighted by Crippen LogP contribution is 2.29. The summed E-state index contributed by atoms with van der Waals surface area (Å²) < 4.78 is 13.3. The third-order valence-corrected chi connectivity index (χ3v) is 6.49. The normalized spacial score (nSPS) is 13.3. The highest BCUT2D eigenvalue weighted by Gasteiger charge is 2.19. The van der Waals surface area contributed by atoms with E-state index < -0.39 is 0 Å². The van der Waals surface area contributed by atoms with E-state index in [2.05, 4.69) is 33.3 Å². The van der Waals surface area contributed by atoms with E-state index in [-0.39, 0.29) is 30.7 Å². The van der Waals surface area contributed by atoms with E-state index >= 15 is 0 Å². The molecule has 0 spiro atoms. The minimum Gasteiger partial charge on any atom is -0.497 e. The lowest BCUT2D eigenvalue weighted by Crippen LogP contribution is -2.46. The molecule has 1 aliphatic heterocycles. The smallest absolute Gasteiger partial charge is 0.267 e. The van der Waals surface area contributed by atoms with Crippen molar-refractivity contribution in [2.75, 3.05) is 51.3 Å². The van der Waals surface area contributed by atoms with Crippen molar-refractivity contribution in [3.05, 3.63) is 78.1 Å². The maximum absolute atomic E-state index is 12.2. The lowest BCUT2D eigenvalue weighted by Gasteiger charge is -2.36. The lowest BCUT2D eigenvalue weighted by molar-refractivity contribution is 0.0944.